The van der Waals surface area contributed by atoms with Gasteiger partial charge in [0, 0.05) is 20.4 Å². The Labute approximate surface area is 121 Å². The van der Waals surface area contributed by atoms with Crippen LogP contribution in [0.25, 0.3) is 0 Å². The average molecular weight is 353 g/mol. The Kier molecular flexibility index (Phi) is 4.20. The van der Waals surface area contributed by atoms with Crippen LogP contribution in [0.4, 0.5) is 5.69 Å². The predicted octanol–water partition coefficient (Wildman–Crippen LogP) is 4.98. The summed E-state index contributed by atoms with van der Waals surface area (Å²) in [6.45, 7) is 0.430. The van der Waals surface area contributed by atoms with Crippen LogP contribution in [0.1, 0.15) is 4.88 Å². The van der Waals surface area contributed by atoms with Crippen molar-refractivity contribution in [2.45, 2.75) is 6.61 Å². The molecule has 2 N–H and O–H groups in total. The van der Waals surface area contributed by atoms with Crippen molar-refractivity contribution < 1.29 is 4.74 Å². The summed E-state index contributed by atoms with van der Waals surface area (Å²) in [6.07, 6.45) is 0. The molecule has 0 spiro atoms. The Balaban J connectivity index is 2.14. The summed E-state index contributed by atoms with van der Waals surface area (Å²) in [5.41, 5.74) is 6.13. The minimum absolute atomic E-state index is 0.422. The third-order valence-corrected chi connectivity index (χ3v) is 4.23. The van der Waals surface area contributed by atoms with Crippen molar-refractivity contribution in [1.29, 1.82) is 0 Å². The second kappa shape index (κ2) is 5.48. The highest BCUT2D eigenvalue weighted by atomic mass is 79.9. The van der Waals surface area contributed by atoms with E-state index < -0.39 is 0 Å². The largest absolute Gasteiger partial charge is 0.485 e. The van der Waals surface area contributed by atoms with E-state index in [1.54, 1.807) is 23.5 Å². The van der Waals surface area contributed by atoms with Crippen LogP contribution in [0.5, 0.6) is 5.75 Å². The number of benzene rings is 1. The average Bonchev–Trinajstić information content (AvgIpc) is 2.62. The van der Waals surface area contributed by atoms with E-state index in [9.17, 15) is 0 Å². The Morgan fingerprint density at radius 2 is 1.88 bits per heavy atom. The minimum atomic E-state index is 0.422. The Morgan fingerprint density at radius 1 is 1.24 bits per heavy atom. The molecule has 0 saturated heterocycles. The molecule has 2 rings (SSSR count). The zero-order chi connectivity index (χ0) is 12.4. The molecule has 0 saturated carbocycles. The fraction of sp³-hybridized carbons (Fsp3) is 0.0909. The van der Waals surface area contributed by atoms with Gasteiger partial charge >= 0.3 is 0 Å². The monoisotopic (exact) mass is 351 g/mol. The number of hydrogen-bond donors (Lipinski definition) is 1. The number of nitrogens with two attached hydrogens (primary N) is 1. The van der Waals surface area contributed by atoms with Crippen LogP contribution in [-0.2, 0) is 6.61 Å². The summed E-state index contributed by atoms with van der Waals surface area (Å²) in [7, 11) is 0. The van der Waals surface area contributed by atoms with Crippen molar-refractivity contribution in [3.8, 4) is 5.75 Å². The van der Waals surface area contributed by atoms with Gasteiger partial charge in [-0.2, -0.15) is 0 Å². The van der Waals surface area contributed by atoms with Gasteiger partial charge in [0.15, 0.2) is 5.75 Å². The maximum Gasteiger partial charge on any atom is 0.157 e. The first kappa shape index (κ1) is 13.0. The second-order valence-electron chi connectivity index (χ2n) is 3.33. The smallest absolute Gasteiger partial charge is 0.157 e. The van der Waals surface area contributed by atoms with Gasteiger partial charge in [-0.25, -0.2) is 0 Å². The molecule has 0 amide bonds. The van der Waals surface area contributed by atoms with E-state index in [0.717, 1.165) is 9.35 Å². The zero-order valence-corrected chi connectivity index (χ0v) is 12.5. The van der Waals surface area contributed by atoms with E-state index in [1.165, 1.54) is 0 Å². The molecule has 0 aliphatic heterocycles. The highest BCUT2D eigenvalue weighted by molar-refractivity contribution is 9.10. The van der Waals surface area contributed by atoms with Gasteiger partial charge in [0.2, 0.25) is 0 Å². The highest BCUT2D eigenvalue weighted by Crippen LogP contribution is 2.36. The summed E-state index contributed by atoms with van der Waals surface area (Å²) >= 11 is 17.0. The van der Waals surface area contributed by atoms with E-state index in [0.29, 0.717) is 28.1 Å². The van der Waals surface area contributed by atoms with Gasteiger partial charge in [-0.1, -0.05) is 23.2 Å². The topological polar surface area (TPSA) is 35.2 Å². The lowest BCUT2D eigenvalue weighted by Gasteiger charge is -2.09. The van der Waals surface area contributed by atoms with Crippen molar-refractivity contribution >= 4 is 56.2 Å². The third kappa shape index (κ3) is 3.28. The molecule has 1 aromatic heterocycles. The van der Waals surface area contributed by atoms with Crippen molar-refractivity contribution in [2.24, 2.45) is 0 Å². The van der Waals surface area contributed by atoms with Crippen molar-refractivity contribution in [3.05, 3.63) is 43.0 Å². The van der Waals surface area contributed by atoms with Gasteiger partial charge in [0.25, 0.3) is 0 Å². The Hall–Kier alpha value is -0.420. The van der Waals surface area contributed by atoms with Gasteiger partial charge in [0.05, 0.1) is 10.0 Å². The lowest BCUT2D eigenvalue weighted by atomic mass is 10.3. The summed E-state index contributed by atoms with van der Waals surface area (Å²) < 4.78 is 6.63. The van der Waals surface area contributed by atoms with Crippen LogP contribution in [0, 0.1) is 0 Å². The first-order valence-corrected chi connectivity index (χ1v) is 7.09. The summed E-state index contributed by atoms with van der Waals surface area (Å²) in [4.78, 5) is 1.08. The van der Waals surface area contributed by atoms with Gasteiger partial charge in [-0.15, -0.1) is 11.3 Å². The first-order chi connectivity index (χ1) is 8.06. The fourth-order valence-electron chi connectivity index (χ4n) is 1.29. The molecule has 0 fully saturated rings. The molecule has 90 valence electrons. The molecule has 0 aliphatic rings. The normalized spacial score (nSPS) is 10.5. The van der Waals surface area contributed by atoms with E-state index in [-0.39, 0.29) is 0 Å². The number of nitrogen functional groups attached to an aromatic ring is 1. The molecule has 0 aliphatic carbocycles. The van der Waals surface area contributed by atoms with Gasteiger partial charge in [-0.05, 0) is 34.1 Å². The number of anilines is 1. The molecule has 2 aromatic rings. The predicted molar refractivity (Wildman–Crippen MR) is 77.2 cm³/mol. The maximum atomic E-state index is 6.01. The highest BCUT2D eigenvalue weighted by Gasteiger charge is 2.09. The number of thiophene rings is 1. The lowest BCUT2D eigenvalue weighted by Crippen LogP contribution is -1.95. The number of ether oxygens (including phenoxy) is 1. The Morgan fingerprint density at radius 3 is 2.41 bits per heavy atom. The Bertz CT molecular complexity index is 521. The molecule has 0 unspecified atom stereocenters. The maximum absolute atomic E-state index is 6.01. The minimum Gasteiger partial charge on any atom is -0.485 e. The number of hydrogen-bond acceptors (Lipinski definition) is 3. The second-order valence-corrected chi connectivity index (χ2v) is 6.06. The number of halogens is 3. The van der Waals surface area contributed by atoms with E-state index in [1.807, 2.05) is 11.4 Å². The van der Waals surface area contributed by atoms with Gasteiger partial charge < -0.3 is 10.5 Å². The molecular formula is C11H8BrCl2NOS. The molecule has 1 heterocycles. The standard InChI is InChI=1S/C11H8BrCl2NOS/c12-6-1-8(17-5-6)4-16-11-9(13)2-7(15)3-10(11)14/h1-3,5H,4,15H2. The molecule has 0 radical (unpaired) electrons. The zero-order valence-electron chi connectivity index (χ0n) is 8.54. The van der Waals surface area contributed by atoms with Crippen LogP contribution in [-0.4, -0.2) is 0 Å². The van der Waals surface area contributed by atoms with Gasteiger partial charge in [-0.3, -0.25) is 0 Å². The van der Waals surface area contributed by atoms with Crippen molar-refractivity contribution in [2.75, 3.05) is 5.73 Å². The molecule has 6 heteroatoms. The van der Waals surface area contributed by atoms with Crippen LogP contribution < -0.4 is 10.5 Å². The van der Waals surface area contributed by atoms with Crippen LogP contribution in [0.2, 0.25) is 10.0 Å². The quantitative estimate of drug-likeness (QED) is 0.790. The lowest BCUT2D eigenvalue weighted by molar-refractivity contribution is 0.310. The molecule has 17 heavy (non-hydrogen) atoms. The molecule has 0 atom stereocenters. The number of rotatable bonds is 3. The molecule has 2 nitrogen and oxygen atoms in total. The van der Waals surface area contributed by atoms with Crippen molar-refractivity contribution in [1.82, 2.24) is 0 Å². The summed E-state index contributed by atoms with van der Waals surface area (Å²) in [6, 6.07) is 5.23. The summed E-state index contributed by atoms with van der Waals surface area (Å²) in [5.74, 6) is 0.465. The van der Waals surface area contributed by atoms with Crippen LogP contribution in [0.3, 0.4) is 0 Å². The SMILES string of the molecule is Nc1cc(Cl)c(OCc2cc(Br)cs2)c(Cl)c1. The fourth-order valence-corrected chi connectivity index (χ4v) is 3.27. The van der Waals surface area contributed by atoms with Crippen LogP contribution >= 0.6 is 50.5 Å². The summed E-state index contributed by atoms with van der Waals surface area (Å²) in [5, 5.41) is 2.83. The first-order valence-electron chi connectivity index (χ1n) is 4.66. The van der Waals surface area contributed by atoms with E-state index in [4.69, 9.17) is 33.7 Å². The molecule has 1 aromatic carbocycles. The van der Waals surface area contributed by atoms with Crippen molar-refractivity contribution in [3.63, 3.8) is 0 Å². The van der Waals surface area contributed by atoms with E-state index >= 15 is 0 Å². The molecule has 0 bridgehead atoms. The van der Waals surface area contributed by atoms with E-state index in [2.05, 4.69) is 15.9 Å². The third-order valence-electron chi connectivity index (χ3n) is 2.00. The molecular weight excluding hydrogens is 345 g/mol. The van der Waals surface area contributed by atoms with Gasteiger partial charge in [0.1, 0.15) is 6.61 Å². The van der Waals surface area contributed by atoms with Crippen LogP contribution in [0.15, 0.2) is 28.1 Å².